The second kappa shape index (κ2) is 6.87. The van der Waals surface area contributed by atoms with E-state index in [0.29, 0.717) is 24.1 Å². The number of esters is 1. The van der Waals surface area contributed by atoms with Gasteiger partial charge in [0.15, 0.2) is 5.58 Å². The third-order valence-electron chi connectivity index (χ3n) is 4.93. The van der Waals surface area contributed by atoms with Crippen LogP contribution in [0.2, 0.25) is 0 Å². The number of hydrogen-bond acceptors (Lipinski definition) is 5. The highest BCUT2D eigenvalue weighted by molar-refractivity contribution is 5.92. The minimum Gasteiger partial charge on any atom is -0.464 e. The fraction of sp³-hybridized carbons (Fsp3) is 0.286. The molecule has 0 aliphatic heterocycles. The van der Waals surface area contributed by atoms with Gasteiger partial charge in [-0.25, -0.2) is 4.79 Å². The van der Waals surface area contributed by atoms with Crippen LogP contribution in [0.5, 0.6) is 0 Å². The number of aromatic nitrogens is 1. The average molecular weight is 364 g/mol. The van der Waals surface area contributed by atoms with Crippen LogP contribution in [0.3, 0.4) is 0 Å². The summed E-state index contributed by atoms with van der Waals surface area (Å²) in [6, 6.07) is 15.2. The molecule has 1 amide bonds. The zero-order valence-electron chi connectivity index (χ0n) is 15.0. The summed E-state index contributed by atoms with van der Waals surface area (Å²) in [7, 11) is 0. The van der Waals surface area contributed by atoms with Crippen molar-refractivity contribution in [1.82, 2.24) is 10.5 Å². The zero-order valence-corrected chi connectivity index (χ0v) is 15.0. The van der Waals surface area contributed by atoms with Crippen molar-refractivity contribution >= 4 is 22.8 Å². The van der Waals surface area contributed by atoms with Gasteiger partial charge in [-0.2, -0.15) is 0 Å². The van der Waals surface area contributed by atoms with Gasteiger partial charge < -0.3 is 14.6 Å². The van der Waals surface area contributed by atoms with Crippen molar-refractivity contribution in [3.8, 4) is 0 Å². The maximum atomic E-state index is 12.8. The van der Waals surface area contributed by atoms with Crippen LogP contribution in [0.25, 0.3) is 11.0 Å². The first-order chi connectivity index (χ1) is 13.1. The fourth-order valence-corrected chi connectivity index (χ4v) is 3.70. The Morgan fingerprint density at radius 2 is 1.78 bits per heavy atom. The van der Waals surface area contributed by atoms with E-state index < -0.39 is 11.5 Å². The predicted molar refractivity (Wildman–Crippen MR) is 99.1 cm³/mol. The molecule has 27 heavy (non-hydrogen) atoms. The van der Waals surface area contributed by atoms with Crippen LogP contribution in [0, 0.1) is 0 Å². The molecule has 0 bridgehead atoms. The molecule has 4 rings (SSSR count). The number of benzene rings is 2. The van der Waals surface area contributed by atoms with Crippen LogP contribution >= 0.6 is 0 Å². The lowest BCUT2D eigenvalue weighted by Gasteiger charge is -2.27. The van der Waals surface area contributed by atoms with E-state index >= 15 is 0 Å². The molecule has 1 aliphatic carbocycles. The van der Waals surface area contributed by atoms with E-state index in [1.165, 1.54) is 0 Å². The van der Waals surface area contributed by atoms with E-state index in [1.807, 2.05) is 42.5 Å². The third-order valence-corrected chi connectivity index (χ3v) is 4.93. The van der Waals surface area contributed by atoms with Gasteiger partial charge in [-0.05, 0) is 30.2 Å². The van der Waals surface area contributed by atoms with Gasteiger partial charge >= 0.3 is 5.97 Å². The van der Waals surface area contributed by atoms with Gasteiger partial charge in [0.2, 0.25) is 5.91 Å². The summed E-state index contributed by atoms with van der Waals surface area (Å²) in [5.41, 5.74) is 2.22. The standard InChI is InChI=1S/C21H20N2O4/c1-2-26-20(25)21(12-14-7-3-4-8-15(14)13-21)22-19(24)11-17-16-9-5-6-10-18(16)27-23-17/h3-10H,2,11-13H2,1H3,(H,22,24). The minimum atomic E-state index is -1.07. The number of carbonyl (C=O) groups is 2. The molecule has 0 atom stereocenters. The van der Waals surface area contributed by atoms with E-state index in [0.717, 1.165) is 16.5 Å². The van der Waals surface area contributed by atoms with Crippen molar-refractivity contribution in [2.24, 2.45) is 0 Å². The molecule has 0 spiro atoms. The maximum absolute atomic E-state index is 12.8. The van der Waals surface area contributed by atoms with Crippen LogP contribution in [-0.2, 0) is 33.6 Å². The summed E-state index contributed by atoms with van der Waals surface area (Å²) in [5, 5.41) is 7.73. The molecule has 2 aromatic carbocycles. The molecule has 0 fully saturated rings. The molecule has 0 saturated carbocycles. The van der Waals surface area contributed by atoms with Gasteiger partial charge in [0.25, 0.3) is 0 Å². The first-order valence-electron chi connectivity index (χ1n) is 8.99. The van der Waals surface area contributed by atoms with Crippen molar-refractivity contribution in [2.45, 2.75) is 31.7 Å². The van der Waals surface area contributed by atoms with Crippen molar-refractivity contribution in [1.29, 1.82) is 0 Å². The molecule has 0 radical (unpaired) electrons. The SMILES string of the molecule is CCOC(=O)C1(NC(=O)Cc2noc3ccccc23)Cc2ccccc2C1. The van der Waals surface area contributed by atoms with Gasteiger partial charge in [0, 0.05) is 18.2 Å². The summed E-state index contributed by atoms with van der Waals surface area (Å²) in [4.78, 5) is 25.5. The van der Waals surface area contributed by atoms with Crippen LogP contribution in [-0.4, -0.2) is 29.2 Å². The highest BCUT2D eigenvalue weighted by Crippen LogP contribution is 2.31. The van der Waals surface area contributed by atoms with Crippen molar-refractivity contribution in [3.63, 3.8) is 0 Å². The second-order valence-corrected chi connectivity index (χ2v) is 6.78. The first-order valence-corrected chi connectivity index (χ1v) is 8.99. The third kappa shape index (κ3) is 3.18. The highest BCUT2D eigenvalue weighted by atomic mass is 16.5. The Labute approximate surface area is 156 Å². The molecule has 138 valence electrons. The van der Waals surface area contributed by atoms with Crippen molar-refractivity contribution in [2.75, 3.05) is 6.61 Å². The molecule has 6 nitrogen and oxygen atoms in total. The largest absolute Gasteiger partial charge is 0.464 e. The normalized spacial score (nSPS) is 14.7. The van der Waals surface area contributed by atoms with E-state index in [1.54, 1.807) is 13.0 Å². The summed E-state index contributed by atoms with van der Waals surface area (Å²) in [6.45, 7) is 2.03. The molecule has 0 unspecified atom stereocenters. The number of amides is 1. The molecular formula is C21H20N2O4. The van der Waals surface area contributed by atoms with Crippen LogP contribution in [0.1, 0.15) is 23.7 Å². The second-order valence-electron chi connectivity index (χ2n) is 6.78. The van der Waals surface area contributed by atoms with Crippen molar-refractivity contribution < 1.29 is 18.8 Å². The quantitative estimate of drug-likeness (QED) is 0.704. The number of rotatable bonds is 5. The van der Waals surface area contributed by atoms with E-state index in [-0.39, 0.29) is 18.9 Å². The van der Waals surface area contributed by atoms with Crippen molar-refractivity contribution in [3.05, 3.63) is 65.4 Å². The molecule has 0 saturated heterocycles. The Balaban J connectivity index is 1.57. The topological polar surface area (TPSA) is 81.4 Å². The fourth-order valence-electron chi connectivity index (χ4n) is 3.70. The minimum absolute atomic E-state index is 0.0362. The summed E-state index contributed by atoms with van der Waals surface area (Å²) in [5.74, 6) is -0.686. The molecule has 1 N–H and O–H groups in total. The lowest BCUT2D eigenvalue weighted by atomic mass is 9.95. The van der Waals surface area contributed by atoms with Crippen LogP contribution < -0.4 is 5.32 Å². The van der Waals surface area contributed by atoms with Gasteiger partial charge in [-0.1, -0.05) is 41.6 Å². The zero-order chi connectivity index (χ0) is 18.9. The number of nitrogens with zero attached hydrogens (tertiary/aromatic N) is 1. The number of carbonyl (C=O) groups excluding carboxylic acids is 2. The number of hydrogen-bond donors (Lipinski definition) is 1. The molecule has 6 heteroatoms. The Bertz CT molecular complexity index is 983. The predicted octanol–water partition coefficient (Wildman–Crippen LogP) is 2.59. The Morgan fingerprint density at radius 1 is 1.11 bits per heavy atom. The van der Waals surface area contributed by atoms with Gasteiger partial charge in [-0.15, -0.1) is 0 Å². The monoisotopic (exact) mass is 364 g/mol. The Hall–Kier alpha value is -3.15. The average Bonchev–Trinajstić information content (AvgIpc) is 3.24. The highest BCUT2D eigenvalue weighted by Gasteiger charge is 2.46. The van der Waals surface area contributed by atoms with E-state index in [9.17, 15) is 9.59 Å². The molecule has 1 heterocycles. The first kappa shape index (κ1) is 17.3. The Morgan fingerprint density at radius 3 is 2.48 bits per heavy atom. The number of nitrogens with one attached hydrogen (secondary N) is 1. The van der Waals surface area contributed by atoms with Crippen LogP contribution in [0.15, 0.2) is 53.1 Å². The summed E-state index contributed by atoms with van der Waals surface area (Å²) < 4.78 is 10.5. The van der Waals surface area contributed by atoms with Gasteiger partial charge in [0.05, 0.1) is 13.0 Å². The van der Waals surface area contributed by atoms with Gasteiger partial charge in [-0.3, -0.25) is 4.79 Å². The number of ether oxygens (including phenoxy) is 1. The summed E-state index contributed by atoms with van der Waals surface area (Å²) >= 11 is 0. The van der Waals surface area contributed by atoms with E-state index in [4.69, 9.17) is 9.26 Å². The maximum Gasteiger partial charge on any atom is 0.332 e. The molecule has 1 aromatic heterocycles. The number of para-hydroxylation sites is 1. The van der Waals surface area contributed by atoms with Gasteiger partial charge in [0.1, 0.15) is 11.2 Å². The lowest BCUT2D eigenvalue weighted by molar-refractivity contribution is -0.153. The summed E-state index contributed by atoms with van der Waals surface area (Å²) in [6.07, 6.45) is 0.884. The van der Waals surface area contributed by atoms with Crippen LogP contribution in [0.4, 0.5) is 0 Å². The lowest BCUT2D eigenvalue weighted by Crippen LogP contribution is -2.56. The molecule has 1 aliphatic rings. The molecule has 3 aromatic rings. The van der Waals surface area contributed by atoms with E-state index in [2.05, 4.69) is 10.5 Å². The Kier molecular flexibility index (Phi) is 4.39. The number of fused-ring (bicyclic) bond motifs is 2. The molecular weight excluding hydrogens is 344 g/mol. The smallest absolute Gasteiger partial charge is 0.332 e.